The number of hydrogen-bond donors (Lipinski definition) is 3. The average molecular weight is 464 g/mol. The van der Waals surface area contributed by atoms with Gasteiger partial charge in [0, 0.05) is 40.9 Å². The van der Waals surface area contributed by atoms with Gasteiger partial charge in [0.15, 0.2) is 0 Å². The van der Waals surface area contributed by atoms with Gasteiger partial charge in [-0.3, -0.25) is 14.6 Å². The molecule has 2 aromatic rings. The van der Waals surface area contributed by atoms with Crippen molar-refractivity contribution in [2.24, 2.45) is 0 Å². The van der Waals surface area contributed by atoms with Crippen molar-refractivity contribution in [2.75, 3.05) is 18.1 Å². The number of rotatable bonds is 8. The van der Waals surface area contributed by atoms with Crippen LogP contribution in [0.3, 0.4) is 0 Å². The maximum Gasteiger partial charge on any atom is 0.490 e. The number of carboxylic acid groups (broad SMARTS) is 2. The topological polar surface area (TPSA) is 117 Å². The number of halogens is 3. The second-order valence-electron chi connectivity index (χ2n) is 5.73. The van der Waals surface area contributed by atoms with Gasteiger partial charge in [0.2, 0.25) is 0 Å². The molecule has 0 bridgehead atoms. The molecule has 164 valence electrons. The van der Waals surface area contributed by atoms with Crippen LogP contribution >= 0.6 is 21.6 Å². The zero-order valence-electron chi connectivity index (χ0n) is 15.7. The minimum absolute atomic E-state index is 0.0995. The Labute approximate surface area is 177 Å². The summed E-state index contributed by atoms with van der Waals surface area (Å²) in [6.45, 7) is 2.47. The maximum atomic E-state index is 12.1. The van der Waals surface area contributed by atoms with Crippen molar-refractivity contribution in [1.29, 1.82) is 0 Å². The van der Waals surface area contributed by atoms with Crippen LogP contribution in [0.5, 0.6) is 0 Å². The van der Waals surface area contributed by atoms with E-state index in [1.54, 1.807) is 23.1 Å². The first-order valence-corrected chi connectivity index (χ1v) is 10.9. The molecule has 0 saturated carbocycles. The molecule has 0 radical (unpaired) electrons. The smallest absolute Gasteiger partial charge is 0.481 e. The molecule has 2 rings (SSSR count). The number of pyridine rings is 1. The molecule has 3 N–H and O–H groups in total. The van der Waals surface area contributed by atoms with E-state index < -0.39 is 18.1 Å². The van der Waals surface area contributed by atoms with Gasteiger partial charge in [-0.05, 0) is 30.5 Å². The van der Waals surface area contributed by atoms with Crippen LogP contribution in [0.4, 0.5) is 13.2 Å². The van der Waals surface area contributed by atoms with Crippen molar-refractivity contribution in [3.8, 4) is 0 Å². The van der Waals surface area contributed by atoms with Crippen molar-refractivity contribution in [3.05, 3.63) is 41.7 Å². The van der Waals surface area contributed by atoms with E-state index in [1.165, 1.54) is 10.8 Å². The molecule has 7 nitrogen and oxygen atoms in total. The minimum atomic E-state index is -5.08. The quantitative estimate of drug-likeness (QED) is 0.399. The van der Waals surface area contributed by atoms with Crippen LogP contribution in [0, 0.1) is 6.92 Å². The number of aryl methyl sites for hydroxylation is 1. The Bertz CT molecular complexity index is 894. The minimum Gasteiger partial charge on any atom is -0.481 e. The van der Waals surface area contributed by atoms with E-state index in [4.69, 9.17) is 15.0 Å². The fourth-order valence-electron chi connectivity index (χ4n) is 1.95. The number of aromatic nitrogens is 1. The van der Waals surface area contributed by atoms with E-state index in [1.807, 2.05) is 25.1 Å². The summed E-state index contributed by atoms with van der Waals surface area (Å²) >= 11 is 0. The molecule has 30 heavy (non-hydrogen) atoms. The van der Waals surface area contributed by atoms with Crippen LogP contribution in [0.1, 0.15) is 22.5 Å². The lowest BCUT2D eigenvalue weighted by Crippen LogP contribution is -2.25. The Hall–Kier alpha value is -2.47. The highest BCUT2D eigenvalue weighted by molar-refractivity contribution is 8.76. The zero-order valence-corrected chi connectivity index (χ0v) is 17.4. The number of hydrogen-bond acceptors (Lipinski definition) is 6. The van der Waals surface area contributed by atoms with Crippen LogP contribution < -0.4 is 5.32 Å². The van der Waals surface area contributed by atoms with E-state index >= 15 is 0 Å². The molecule has 0 unspecified atom stereocenters. The van der Waals surface area contributed by atoms with Gasteiger partial charge in [0.25, 0.3) is 5.91 Å². The molecule has 0 atom stereocenters. The van der Waals surface area contributed by atoms with Crippen LogP contribution in [-0.4, -0.2) is 57.3 Å². The highest BCUT2D eigenvalue weighted by atomic mass is 33.1. The van der Waals surface area contributed by atoms with Gasteiger partial charge in [-0.1, -0.05) is 27.7 Å². The third kappa shape index (κ3) is 9.83. The molecule has 12 heteroatoms. The Morgan fingerprint density at radius 1 is 1.07 bits per heavy atom. The van der Waals surface area contributed by atoms with Crippen LogP contribution in [0.2, 0.25) is 0 Å². The largest absolute Gasteiger partial charge is 0.490 e. The van der Waals surface area contributed by atoms with Crippen molar-refractivity contribution in [1.82, 2.24) is 10.3 Å². The van der Waals surface area contributed by atoms with E-state index in [9.17, 15) is 22.8 Å². The highest BCUT2D eigenvalue weighted by Gasteiger charge is 2.38. The molecule has 1 aromatic carbocycles. The summed E-state index contributed by atoms with van der Waals surface area (Å²) in [6.07, 6.45) is -3.12. The monoisotopic (exact) mass is 464 g/mol. The van der Waals surface area contributed by atoms with Crippen molar-refractivity contribution < 1.29 is 37.8 Å². The number of fused-ring (bicyclic) bond motifs is 1. The molecule has 1 heterocycles. The first kappa shape index (κ1) is 25.6. The summed E-state index contributed by atoms with van der Waals surface area (Å²) < 4.78 is 31.7. The van der Waals surface area contributed by atoms with Gasteiger partial charge in [-0.25, -0.2) is 4.79 Å². The summed E-state index contributed by atoms with van der Waals surface area (Å²) in [5, 5.41) is 20.5. The van der Waals surface area contributed by atoms with Crippen molar-refractivity contribution in [2.45, 2.75) is 19.5 Å². The Balaban J connectivity index is 0.000000553. The van der Waals surface area contributed by atoms with Crippen LogP contribution in [-0.2, 0) is 9.59 Å². The molecular formula is C18H19F3N2O5S2. The molecule has 0 saturated heterocycles. The summed E-state index contributed by atoms with van der Waals surface area (Å²) in [5.74, 6) is -2.32. The van der Waals surface area contributed by atoms with E-state index in [-0.39, 0.29) is 12.3 Å². The van der Waals surface area contributed by atoms with Crippen molar-refractivity contribution in [3.63, 3.8) is 0 Å². The second-order valence-corrected chi connectivity index (χ2v) is 8.44. The molecule has 0 fully saturated rings. The Morgan fingerprint density at radius 2 is 1.70 bits per heavy atom. The summed E-state index contributed by atoms with van der Waals surface area (Å²) in [4.78, 5) is 35.6. The van der Waals surface area contributed by atoms with Crippen molar-refractivity contribution >= 4 is 50.2 Å². The van der Waals surface area contributed by atoms with Gasteiger partial charge in [0.05, 0.1) is 6.42 Å². The van der Waals surface area contributed by atoms with E-state index in [0.717, 1.165) is 22.2 Å². The third-order valence-corrected chi connectivity index (χ3v) is 5.72. The van der Waals surface area contributed by atoms with E-state index in [0.29, 0.717) is 17.9 Å². The molecular weight excluding hydrogens is 445 g/mol. The number of amides is 1. The first-order valence-electron chi connectivity index (χ1n) is 8.41. The predicted molar refractivity (Wildman–Crippen MR) is 110 cm³/mol. The molecule has 1 amide bonds. The van der Waals surface area contributed by atoms with Gasteiger partial charge in [-0.2, -0.15) is 13.2 Å². The van der Waals surface area contributed by atoms with Gasteiger partial charge >= 0.3 is 18.1 Å². The average Bonchev–Trinajstić information content (AvgIpc) is 2.66. The highest BCUT2D eigenvalue weighted by Crippen LogP contribution is 2.21. The predicted octanol–water partition coefficient (Wildman–Crippen LogP) is 3.76. The van der Waals surface area contributed by atoms with Crippen LogP contribution in [0.15, 0.2) is 30.5 Å². The number of carboxylic acids is 2. The lowest BCUT2D eigenvalue weighted by Gasteiger charge is -2.06. The lowest BCUT2D eigenvalue weighted by atomic mass is 10.1. The summed E-state index contributed by atoms with van der Waals surface area (Å²) in [6, 6.07) is 7.52. The summed E-state index contributed by atoms with van der Waals surface area (Å²) in [5.41, 5.74) is 1.55. The number of carbonyl (C=O) groups excluding carboxylic acids is 1. The number of nitrogens with zero attached hydrogens (tertiary/aromatic N) is 1. The van der Waals surface area contributed by atoms with Crippen LogP contribution in [0.25, 0.3) is 10.8 Å². The number of benzene rings is 1. The first-order chi connectivity index (χ1) is 14.0. The van der Waals surface area contributed by atoms with Gasteiger partial charge in [-0.15, -0.1) is 0 Å². The zero-order chi connectivity index (χ0) is 22.7. The fourth-order valence-corrected chi connectivity index (χ4v) is 3.83. The number of alkyl halides is 3. The Morgan fingerprint density at radius 3 is 2.30 bits per heavy atom. The SMILES string of the molecule is Cc1cc2cc(C(=O)NCCSSCCC(=O)O)ccc2cn1.O=C(O)C(F)(F)F. The number of carbonyl (C=O) groups is 3. The Kier molecular flexibility index (Phi) is 10.5. The van der Waals surface area contributed by atoms with E-state index in [2.05, 4.69) is 10.3 Å². The maximum absolute atomic E-state index is 12.1. The third-order valence-electron chi connectivity index (χ3n) is 3.32. The van der Waals surface area contributed by atoms with Gasteiger partial charge < -0.3 is 15.5 Å². The standard InChI is InChI=1S/C16H18N2O3S2.C2HF3O2/c1-11-8-14-9-12(2-3-13(14)10-18-11)16(21)17-5-7-23-22-6-4-15(19)20;3-2(4,5)1(6)7/h2-3,8-10H,4-7H2,1H3,(H,17,21)(H,19,20);(H,6,7). The fraction of sp³-hybridized carbons (Fsp3) is 0.333. The van der Waals surface area contributed by atoms with Gasteiger partial charge in [0.1, 0.15) is 0 Å². The molecule has 0 aliphatic heterocycles. The molecule has 1 aromatic heterocycles. The normalized spacial score (nSPS) is 10.8. The number of aliphatic carboxylic acids is 2. The molecule has 0 aliphatic carbocycles. The molecule has 0 aliphatic rings. The number of nitrogens with one attached hydrogen (secondary N) is 1. The lowest BCUT2D eigenvalue weighted by molar-refractivity contribution is -0.192. The summed E-state index contributed by atoms with van der Waals surface area (Å²) in [7, 11) is 3.08. The molecule has 0 spiro atoms. The second kappa shape index (κ2) is 12.3.